The summed E-state index contributed by atoms with van der Waals surface area (Å²) in [6, 6.07) is 11.7. The van der Waals surface area contributed by atoms with Gasteiger partial charge in [0.15, 0.2) is 0 Å². The summed E-state index contributed by atoms with van der Waals surface area (Å²) in [5, 5.41) is 17.5. The fourth-order valence-electron chi connectivity index (χ4n) is 5.20. The molecule has 0 radical (unpaired) electrons. The number of hydrogen-bond donors (Lipinski definition) is 5. The lowest BCUT2D eigenvalue weighted by atomic mass is 10.2. The van der Waals surface area contributed by atoms with Crippen LogP contribution in [0.4, 0.5) is 25.0 Å². The number of aliphatic hydroxyl groups is 1. The zero-order valence-corrected chi connectivity index (χ0v) is 25.7. The molecule has 1 saturated heterocycles. The van der Waals surface area contributed by atoms with Crippen molar-refractivity contribution >= 4 is 29.3 Å². The number of esters is 1. The minimum Gasteiger partial charge on any atom is -0.468 e. The third-order valence-corrected chi connectivity index (χ3v) is 7.51. The van der Waals surface area contributed by atoms with E-state index in [9.17, 15) is 28.3 Å². The number of H-pyrrole nitrogens is 1. The van der Waals surface area contributed by atoms with Gasteiger partial charge in [0.1, 0.15) is 29.2 Å². The molecule has 0 saturated carbocycles. The Kier molecular flexibility index (Phi) is 10.4. The van der Waals surface area contributed by atoms with Gasteiger partial charge in [-0.25, -0.2) is 13.6 Å². The van der Waals surface area contributed by atoms with Gasteiger partial charge in [-0.3, -0.25) is 19.5 Å². The lowest BCUT2D eigenvalue weighted by Crippen LogP contribution is -2.38. The summed E-state index contributed by atoms with van der Waals surface area (Å²) >= 11 is 0. The topological polar surface area (TPSA) is 158 Å². The van der Waals surface area contributed by atoms with Gasteiger partial charge in [0.05, 0.1) is 41.5 Å². The molecule has 14 heteroatoms. The minimum atomic E-state index is -0.809. The highest BCUT2D eigenvalue weighted by atomic mass is 19.1. The summed E-state index contributed by atoms with van der Waals surface area (Å²) in [4.78, 5) is 46.2. The molecular weight excluding hydrogens is 614 g/mol. The summed E-state index contributed by atoms with van der Waals surface area (Å²) in [7, 11) is 1.32. The highest BCUT2D eigenvalue weighted by Crippen LogP contribution is 2.28. The predicted molar refractivity (Wildman–Crippen MR) is 169 cm³/mol. The van der Waals surface area contributed by atoms with Gasteiger partial charge in [-0.2, -0.15) is 0 Å². The first-order chi connectivity index (χ1) is 22.6. The average Bonchev–Trinajstić information content (AvgIpc) is 3.69. The van der Waals surface area contributed by atoms with E-state index >= 15 is 0 Å². The predicted octanol–water partition coefficient (Wildman–Crippen LogP) is 4.83. The molecule has 2 aromatic heterocycles. The molecule has 3 heterocycles. The number of nitrogens with zero attached hydrogens (tertiary/aromatic N) is 2. The molecule has 1 unspecified atom stereocenters. The van der Waals surface area contributed by atoms with Crippen LogP contribution in [-0.2, 0) is 9.53 Å². The van der Waals surface area contributed by atoms with Crippen LogP contribution in [0.15, 0.2) is 67.0 Å². The number of carbonyl (C=O) groups is 3. The van der Waals surface area contributed by atoms with Crippen LogP contribution >= 0.6 is 0 Å². The smallest absolute Gasteiger partial charge is 0.323 e. The van der Waals surface area contributed by atoms with Gasteiger partial charge in [0, 0.05) is 50.6 Å². The molecule has 0 spiro atoms. The molecule has 0 aliphatic carbocycles. The second-order valence-corrected chi connectivity index (χ2v) is 11.0. The van der Waals surface area contributed by atoms with E-state index in [-0.39, 0.29) is 29.0 Å². The van der Waals surface area contributed by atoms with E-state index < -0.39 is 29.8 Å². The zero-order chi connectivity index (χ0) is 33.5. The van der Waals surface area contributed by atoms with E-state index in [4.69, 9.17) is 9.47 Å². The third-order valence-electron chi connectivity index (χ3n) is 7.51. The van der Waals surface area contributed by atoms with Gasteiger partial charge < -0.3 is 35.5 Å². The first-order valence-corrected chi connectivity index (χ1v) is 14.8. The molecule has 0 bridgehead atoms. The normalized spacial score (nSPS) is 16.0. The zero-order valence-electron chi connectivity index (χ0n) is 25.7. The number of hydrogen-bond acceptors (Lipinski definition) is 8. The quantitative estimate of drug-likeness (QED) is 0.114. The number of aliphatic hydroxyl groups excluding tert-OH is 1. The maximum Gasteiger partial charge on any atom is 0.323 e. The standard InChI is InChI=1S/C33H34F2N6O6/c1-19-4-6-24(34)27(12-19)40-33(45)39-26-7-5-22(15-25(26)35)47-23-8-10-36-29(16-23)28-13-20(17-38-28)31(43)37-9-3-11-41-18-21(42)14-30(41)32(44)46-2/h4-8,10,12-13,15-17,21,30,38,42H,3,9,11,14,18H2,1-2H3,(H,37,43)(H2,39,40,45)/t21?,30-/m0/s1. The molecule has 47 heavy (non-hydrogen) atoms. The van der Waals surface area contributed by atoms with Crippen molar-refractivity contribution in [2.24, 2.45) is 0 Å². The molecule has 5 N–H and O–H groups in total. The van der Waals surface area contributed by atoms with E-state index in [1.54, 1.807) is 37.4 Å². The number of aromatic nitrogens is 2. The van der Waals surface area contributed by atoms with Crippen LogP contribution in [0.3, 0.4) is 0 Å². The molecule has 1 fully saturated rings. The summed E-state index contributed by atoms with van der Waals surface area (Å²) in [6.07, 6.45) is 3.36. The molecular formula is C33H34F2N6O6. The summed E-state index contributed by atoms with van der Waals surface area (Å²) in [5.74, 6) is -1.56. The minimum absolute atomic E-state index is 0.0299. The van der Waals surface area contributed by atoms with Gasteiger partial charge >= 0.3 is 12.0 Å². The number of benzene rings is 2. The monoisotopic (exact) mass is 648 g/mol. The number of anilines is 2. The van der Waals surface area contributed by atoms with Crippen molar-refractivity contribution < 1.29 is 37.7 Å². The Morgan fingerprint density at radius 1 is 1.02 bits per heavy atom. The van der Waals surface area contributed by atoms with Crippen molar-refractivity contribution in [3.63, 3.8) is 0 Å². The second-order valence-electron chi connectivity index (χ2n) is 11.0. The van der Waals surface area contributed by atoms with Gasteiger partial charge in [-0.05, 0) is 55.3 Å². The number of nitrogens with one attached hydrogen (secondary N) is 4. The second kappa shape index (κ2) is 14.8. The Hall–Kier alpha value is -5.34. The van der Waals surface area contributed by atoms with Crippen molar-refractivity contribution in [3.05, 3.63) is 89.8 Å². The Labute approximate surface area is 269 Å². The van der Waals surface area contributed by atoms with Crippen molar-refractivity contribution in [2.45, 2.75) is 31.9 Å². The van der Waals surface area contributed by atoms with E-state index in [1.165, 1.54) is 37.6 Å². The van der Waals surface area contributed by atoms with Crippen molar-refractivity contribution in [3.8, 4) is 22.9 Å². The number of aromatic amines is 1. The SMILES string of the molecule is COC(=O)[C@@H]1CC(O)CN1CCCNC(=O)c1c[nH]c(-c2cc(Oc3ccc(NC(=O)Nc4cc(C)ccc4F)c(F)c3)ccn2)c1. The highest BCUT2D eigenvalue weighted by Gasteiger charge is 2.36. The largest absolute Gasteiger partial charge is 0.468 e. The maximum absolute atomic E-state index is 14.8. The first-order valence-electron chi connectivity index (χ1n) is 14.8. The van der Waals surface area contributed by atoms with Crippen molar-refractivity contribution in [1.29, 1.82) is 0 Å². The van der Waals surface area contributed by atoms with Crippen LogP contribution < -0.4 is 20.7 Å². The van der Waals surface area contributed by atoms with Crippen LogP contribution in [0.2, 0.25) is 0 Å². The van der Waals surface area contributed by atoms with Crippen molar-refractivity contribution in [1.82, 2.24) is 20.2 Å². The number of carbonyl (C=O) groups excluding carboxylic acids is 3. The lowest BCUT2D eigenvalue weighted by Gasteiger charge is -2.21. The number of urea groups is 1. The fraction of sp³-hybridized carbons (Fsp3) is 0.273. The van der Waals surface area contributed by atoms with Gasteiger partial charge in [-0.1, -0.05) is 6.07 Å². The lowest BCUT2D eigenvalue weighted by molar-refractivity contribution is -0.145. The average molecular weight is 649 g/mol. The summed E-state index contributed by atoms with van der Waals surface area (Å²) < 4.78 is 39.4. The van der Waals surface area contributed by atoms with E-state index in [1.807, 2.05) is 4.90 Å². The van der Waals surface area contributed by atoms with Gasteiger partial charge in [0.2, 0.25) is 0 Å². The maximum atomic E-state index is 14.8. The van der Waals surface area contributed by atoms with Gasteiger partial charge in [-0.15, -0.1) is 0 Å². The van der Waals surface area contributed by atoms with Crippen LogP contribution in [0.25, 0.3) is 11.4 Å². The third kappa shape index (κ3) is 8.48. The molecule has 5 rings (SSSR count). The van der Waals surface area contributed by atoms with Crippen molar-refractivity contribution in [2.75, 3.05) is 37.4 Å². The first kappa shape index (κ1) is 33.0. The molecule has 4 aromatic rings. The summed E-state index contributed by atoms with van der Waals surface area (Å²) in [5.41, 5.74) is 2.00. The highest BCUT2D eigenvalue weighted by molar-refractivity contribution is 6.00. The molecule has 3 amide bonds. The molecule has 1 aliphatic heterocycles. The van der Waals surface area contributed by atoms with E-state index in [0.29, 0.717) is 55.2 Å². The molecule has 1 aliphatic rings. The Morgan fingerprint density at radius 2 is 1.81 bits per heavy atom. The molecule has 246 valence electrons. The van der Waals surface area contributed by atoms with E-state index in [0.717, 1.165) is 11.6 Å². The Morgan fingerprint density at radius 3 is 2.60 bits per heavy atom. The van der Waals surface area contributed by atoms with E-state index in [2.05, 4.69) is 25.9 Å². The number of rotatable bonds is 11. The molecule has 12 nitrogen and oxygen atoms in total. The number of halogens is 2. The molecule has 2 atom stereocenters. The van der Waals surface area contributed by atoms with Crippen LogP contribution in [0, 0.1) is 18.6 Å². The number of ether oxygens (including phenoxy) is 2. The van der Waals surface area contributed by atoms with Crippen LogP contribution in [0.1, 0.15) is 28.8 Å². The number of methoxy groups -OCH3 is 1. The van der Waals surface area contributed by atoms with Crippen LogP contribution in [0.5, 0.6) is 11.5 Å². The Bertz CT molecular complexity index is 1770. The molecule has 2 aromatic carbocycles. The number of amides is 3. The van der Waals surface area contributed by atoms with Crippen LogP contribution in [-0.4, -0.2) is 76.8 Å². The van der Waals surface area contributed by atoms with Gasteiger partial charge in [0.25, 0.3) is 5.91 Å². The number of pyridine rings is 1. The number of β-amino-alcohol motifs (C(OH)–C–C–N with tert-alkyl or cyclic N) is 1. The summed E-state index contributed by atoms with van der Waals surface area (Å²) in [6.45, 7) is 3.00. The fourth-order valence-corrected chi connectivity index (χ4v) is 5.20. The number of aryl methyl sites for hydroxylation is 1. The number of likely N-dealkylation sites (tertiary alicyclic amines) is 1. The Balaban J connectivity index is 1.13.